The summed E-state index contributed by atoms with van der Waals surface area (Å²) in [4.78, 5) is 21.0. The summed E-state index contributed by atoms with van der Waals surface area (Å²) >= 11 is 0. The SMILES string of the molecule is Cc1c(CCN2CCC3(CC2)CCN(c2ccc(C#N)nc2)C3)ccc2c1COC2=O. The smallest absolute Gasteiger partial charge is 0.338 e. The number of benzene rings is 1. The highest BCUT2D eigenvalue weighted by molar-refractivity contribution is 5.93. The number of piperidine rings is 1. The minimum Gasteiger partial charge on any atom is -0.457 e. The molecule has 6 heteroatoms. The van der Waals surface area contributed by atoms with E-state index in [4.69, 9.17) is 10.00 Å². The summed E-state index contributed by atoms with van der Waals surface area (Å²) in [6.45, 7) is 8.05. The summed E-state index contributed by atoms with van der Waals surface area (Å²) in [6, 6.07) is 9.97. The Morgan fingerprint density at radius 1 is 1.16 bits per heavy atom. The van der Waals surface area contributed by atoms with Gasteiger partial charge in [-0.2, -0.15) is 5.26 Å². The molecule has 0 saturated carbocycles. The molecule has 31 heavy (non-hydrogen) atoms. The molecule has 1 aromatic heterocycles. The number of anilines is 1. The minimum atomic E-state index is -0.187. The van der Waals surface area contributed by atoms with Gasteiger partial charge in [0.15, 0.2) is 0 Å². The van der Waals surface area contributed by atoms with E-state index in [1.54, 1.807) is 0 Å². The Morgan fingerprint density at radius 2 is 1.97 bits per heavy atom. The number of esters is 1. The average molecular weight is 417 g/mol. The molecule has 160 valence electrons. The minimum absolute atomic E-state index is 0.187. The summed E-state index contributed by atoms with van der Waals surface area (Å²) in [5.41, 5.74) is 6.38. The number of likely N-dealkylation sites (tertiary alicyclic amines) is 1. The van der Waals surface area contributed by atoms with Crippen molar-refractivity contribution < 1.29 is 9.53 Å². The van der Waals surface area contributed by atoms with E-state index in [9.17, 15) is 4.79 Å². The van der Waals surface area contributed by atoms with Crippen molar-refractivity contribution in [3.05, 3.63) is 58.4 Å². The van der Waals surface area contributed by atoms with Gasteiger partial charge in [0, 0.05) is 25.2 Å². The predicted molar refractivity (Wildman–Crippen MR) is 118 cm³/mol. The van der Waals surface area contributed by atoms with Crippen LogP contribution in [-0.4, -0.2) is 48.6 Å². The normalized spacial score (nSPS) is 20.0. The van der Waals surface area contributed by atoms with E-state index in [-0.39, 0.29) is 5.97 Å². The van der Waals surface area contributed by atoms with Gasteiger partial charge >= 0.3 is 5.97 Å². The molecule has 4 heterocycles. The van der Waals surface area contributed by atoms with Gasteiger partial charge in [-0.05, 0) is 80.4 Å². The van der Waals surface area contributed by atoms with E-state index in [0.717, 1.165) is 56.0 Å². The summed E-state index contributed by atoms with van der Waals surface area (Å²) in [6.07, 6.45) is 6.56. The van der Waals surface area contributed by atoms with Gasteiger partial charge in [0.2, 0.25) is 0 Å². The molecule has 0 atom stereocenters. The maximum Gasteiger partial charge on any atom is 0.338 e. The highest BCUT2D eigenvalue weighted by Crippen LogP contribution is 2.41. The summed E-state index contributed by atoms with van der Waals surface area (Å²) < 4.78 is 5.19. The van der Waals surface area contributed by atoms with Crippen LogP contribution in [0.5, 0.6) is 0 Å². The second-order valence-electron chi connectivity index (χ2n) is 9.23. The number of fused-ring (bicyclic) bond motifs is 1. The molecule has 3 aliphatic rings. The quantitative estimate of drug-likeness (QED) is 0.711. The van der Waals surface area contributed by atoms with Crippen LogP contribution in [0.3, 0.4) is 0 Å². The molecular weight excluding hydrogens is 388 g/mol. The third kappa shape index (κ3) is 3.79. The molecule has 2 aromatic rings. The molecule has 0 aliphatic carbocycles. The van der Waals surface area contributed by atoms with Gasteiger partial charge < -0.3 is 14.5 Å². The molecule has 0 radical (unpaired) electrons. The van der Waals surface area contributed by atoms with Crippen LogP contribution in [0.4, 0.5) is 5.69 Å². The van der Waals surface area contributed by atoms with Gasteiger partial charge in [-0.1, -0.05) is 6.07 Å². The summed E-state index contributed by atoms with van der Waals surface area (Å²) in [7, 11) is 0. The van der Waals surface area contributed by atoms with E-state index in [1.165, 1.54) is 30.4 Å². The van der Waals surface area contributed by atoms with Crippen molar-refractivity contribution in [3.8, 4) is 6.07 Å². The number of hydrogen-bond donors (Lipinski definition) is 0. The van der Waals surface area contributed by atoms with Crippen LogP contribution < -0.4 is 4.90 Å². The Bertz CT molecular complexity index is 1030. The van der Waals surface area contributed by atoms with Crippen molar-refractivity contribution in [3.63, 3.8) is 0 Å². The largest absolute Gasteiger partial charge is 0.457 e. The maximum absolute atomic E-state index is 11.7. The van der Waals surface area contributed by atoms with Gasteiger partial charge in [0.25, 0.3) is 0 Å². The molecule has 0 unspecified atom stereocenters. The van der Waals surface area contributed by atoms with Gasteiger partial charge in [0.05, 0.1) is 17.4 Å². The lowest BCUT2D eigenvalue weighted by atomic mass is 9.77. The first-order chi connectivity index (χ1) is 15.1. The zero-order chi connectivity index (χ0) is 21.4. The monoisotopic (exact) mass is 416 g/mol. The van der Waals surface area contributed by atoms with Crippen molar-refractivity contribution in [2.45, 2.75) is 39.2 Å². The first-order valence-corrected chi connectivity index (χ1v) is 11.2. The van der Waals surface area contributed by atoms with E-state index in [1.807, 2.05) is 24.4 Å². The third-order valence-corrected chi connectivity index (χ3v) is 7.56. The summed E-state index contributed by atoms with van der Waals surface area (Å²) in [5, 5.41) is 8.95. The van der Waals surface area contributed by atoms with Crippen LogP contribution in [0.2, 0.25) is 0 Å². The Kier molecular flexibility index (Phi) is 5.15. The second-order valence-corrected chi connectivity index (χ2v) is 9.23. The highest BCUT2D eigenvalue weighted by atomic mass is 16.5. The zero-order valence-electron chi connectivity index (χ0n) is 18.1. The summed E-state index contributed by atoms with van der Waals surface area (Å²) in [5.74, 6) is -0.187. The van der Waals surface area contributed by atoms with Crippen molar-refractivity contribution in [2.75, 3.05) is 37.6 Å². The first kappa shape index (κ1) is 20.0. The van der Waals surface area contributed by atoms with Gasteiger partial charge in [-0.15, -0.1) is 0 Å². The molecular formula is C25H28N4O2. The fourth-order valence-electron chi connectivity index (χ4n) is 5.40. The van der Waals surface area contributed by atoms with Gasteiger partial charge in [0.1, 0.15) is 18.4 Å². The lowest BCUT2D eigenvalue weighted by Gasteiger charge is -2.39. The second kappa shape index (κ2) is 7.97. The number of hydrogen-bond acceptors (Lipinski definition) is 6. The van der Waals surface area contributed by atoms with E-state index < -0.39 is 0 Å². The highest BCUT2D eigenvalue weighted by Gasteiger charge is 2.40. The number of carbonyl (C=O) groups is 1. The molecule has 1 spiro atoms. The number of nitriles is 1. The molecule has 0 N–H and O–H groups in total. The van der Waals surface area contributed by atoms with E-state index in [2.05, 4.69) is 33.8 Å². The van der Waals surface area contributed by atoms with Crippen molar-refractivity contribution in [1.29, 1.82) is 5.26 Å². The van der Waals surface area contributed by atoms with Crippen LogP contribution >= 0.6 is 0 Å². The third-order valence-electron chi connectivity index (χ3n) is 7.56. The molecule has 3 aliphatic heterocycles. The molecule has 0 amide bonds. The number of pyridine rings is 1. The van der Waals surface area contributed by atoms with Gasteiger partial charge in [-0.25, -0.2) is 9.78 Å². The lowest BCUT2D eigenvalue weighted by Crippen LogP contribution is -2.42. The number of cyclic esters (lactones) is 1. The predicted octanol–water partition coefficient (Wildman–Crippen LogP) is 3.47. The average Bonchev–Trinajstić information content (AvgIpc) is 3.39. The Labute approximate surface area is 183 Å². The van der Waals surface area contributed by atoms with Crippen LogP contribution in [0.15, 0.2) is 30.5 Å². The van der Waals surface area contributed by atoms with Crippen LogP contribution in [-0.2, 0) is 17.8 Å². The fourth-order valence-corrected chi connectivity index (χ4v) is 5.40. The van der Waals surface area contributed by atoms with Crippen LogP contribution in [0.1, 0.15) is 52.0 Å². The van der Waals surface area contributed by atoms with Crippen molar-refractivity contribution in [2.24, 2.45) is 5.41 Å². The fraction of sp³-hybridized carbons (Fsp3) is 0.480. The zero-order valence-corrected chi connectivity index (χ0v) is 18.1. The Balaban J connectivity index is 1.15. The number of carbonyl (C=O) groups excluding carboxylic acids is 1. The number of ether oxygens (including phenoxy) is 1. The van der Waals surface area contributed by atoms with Gasteiger partial charge in [-0.3, -0.25) is 0 Å². The molecule has 1 aromatic carbocycles. The standard InChI is InChI=1S/C25H28N4O2/c1-18-19(2-5-22-23(18)16-31-24(22)30)6-10-28-11-7-25(8-12-28)9-13-29(17-25)21-4-3-20(14-26)27-15-21/h2-5,15H,6-13,16-17H2,1H3. The number of rotatable bonds is 4. The topological polar surface area (TPSA) is 69.5 Å². The van der Waals surface area contributed by atoms with Crippen LogP contribution in [0.25, 0.3) is 0 Å². The molecule has 2 saturated heterocycles. The van der Waals surface area contributed by atoms with Crippen molar-refractivity contribution >= 4 is 11.7 Å². The first-order valence-electron chi connectivity index (χ1n) is 11.2. The Morgan fingerprint density at radius 3 is 2.71 bits per heavy atom. The van der Waals surface area contributed by atoms with Crippen molar-refractivity contribution in [1.82, 2.24) is 9.88 Å². The number of nitrogens with zero attached hydrogens (tertiary/aromatic N) is 4. The molecule has 0 bridgehead atoms. The lowest BCUT2D eigenvalue weighted by molar-refractivity contribution is 0.0535. The maximum atomic E-state index is 11.7. The molecule has 2 fully saturated rings. The van der Waals surface area contributed by atoms with E-state index >= 15 is 0 Å². The number of aromatic nitrogens is 1. The molecule has 6 nitrogen and oxygen atoms in total. The van der Waals surface area contributed by atoms with Crippen LogP contribution in [0, 0.1) is 23.7 Å². The van der Waals surface area contributed by atoms with E-state index in [0.29, 0.717) is 17.7 Å². The molecule has 5 rings (SSSR count). The Hall–Kier alpha value is -2.91.